The molecule has 1 aromatic rings. The largest absolute Gasteiger partial charge is 0.355 e. The van der Waals surface area contributed by atoms with E-state index in [1.54, 1.807) is 0 Å². The lowest BCUT2D eigenvalue weighted by Crippen LogP contribution is -2.41. The van der Waals surface area contributed by atoms with Gasteiger partial charge in [0.05, 0.1) is 5.38 Å². The zero-order chi connectivity index (χ0) is 12.4. The van der Waals surface area contributed by atoms with Crippen LogP contribution in [0.2, 0.25) is 0 Å². The van der Waals surface area contributed by atoms with Crippen molar-refractivity contribution in [3.05, 3.63) is 17.6 Å². The van der Waals surface area contributed by atoms with Gasteiger partial charge in [-0.15, -0.1) is 11.6 Å². The summed E-state index contributed by atoms with van der Waals surface area (Å²) in [5.74, 6) is 1.82. The summed E-state index contributed by atoms with van der Waals surface area (Å²) < 4.78 is 0. The third kappa shape index (κ3) is 2.89. The molecule has 0 bridgehead atoms. The Hall–Kier alpha value is -0.830. The molecule has 1 aliphatic rings. The topological polar surface area (TPSA) is 29.0 Å². The lowest BCUT2D eigenvalue weighted by molar-refractivity contribution is 0.432. The summed E-state index contributed by atoms with van der Waals surface area (Å²) in [4.78, 5) is 11.0. The van der Waals surface area contributed by atoms with Gasteiger partial charge in [0.2, 0.25) is 0 Å². The highest BCUT2D eigenvalue weighted by molar-refractivity contribution is 6.21. The monoisotopic (exact) mass is 253 g/mol. The number of rotatable bonds is 2. The van der Waals surface area contributed by atoms with Crippen molar-refractivity contribution in [3.8, 4) is 0 Å². The molecule has 2 atom stereocenters. The van der Waals surface area contributed by atoms with E-state index in [1.807, 2.05) is 19.9 Å². The minimum Gasteiger partial charge on any atom is -0.355 e. The van der Waals surface area contributed by atoms with Crippen LogP contribution in [0.25, 0.3) is 0 Å². The molecule has 3 nitrogen and oxygen atoms in total. The van der Waals surface area contributed by atoms with Crippen LogP contribution in [0.4, 0.5) is 5.82 Å². The predicted molar refractivity (Wildman–Crippen MR) is 71.8 cm³/mol. The van der Waals surface area contributed by atoms with Crippen LogP contribution in [0.1, 0.15) is 37.2 Å². The first kappa shape index (κ1) is 12.6. The highest BCUT2D eigenvalue weighted by atomic mass is 35.5. The second-order valence-corrected chi connectivity index (χ2v) is 5.45. The Bertz CT molecular complexity index is 374. The molecule has 0 aromatic carbocycles. The van der Waals surface area contributed by atoms with Gasteiger partial charge >= 0.3 is 0 Å². The Kier molecular flexibility index (Phi) is 3.87. The molecule has 0 radical (unpaired) electrons. The van der Waals surface area contributed by atoms with E-state index in [2.05, 4.69) is 21.9 Å². The molecule has 1 heterocycles. The molecular weight excluding hydrogens is 234 g/mol. The fraction of sp³-hybridized carbons (Fsp3) is 0.692. The van der Waals surface area contributed by atoms with Gasteiger partial charge < -0.3 is 4.90 Å². The van der Waals surface area contributed by atoms with E-state index in [1.165, 1.54) is 12.8 Å². The highest BCUT2D eigenvalue weighted by Gasteiger charge is 2.27. The molecule has 94 valence electrons. The molecule has 1 fully saturated rings. The van der Waals surface area contributed by atoms with Crippen LogP contribution in [0.3, 0.4) is 0 Å². The maximum Gasteiger partial charge on any atom is 0.132 e. The SMILES string of the molecule is Cc1cc(N(C)C2CCCCC2Cl)nc(C)n1. The molecule has 0 saturated heterocycles. The van der Waals surface area contributed by atoms with Crippen molar-refractivity contribution in [2.45, 2.75) is 50.9 Å². The van der Waals surface area contributed by atoms with Gasteiger partial charge in [-0.05, 0) is 26.7 Å². The molecule has 1 aromatic heterocycles. The molecular formula is C13H20ClN3. The Balaban J connectivity index is 2.20. The lowest BCUT2D eigenvalue weighted by Gasteiger charge is -2.35. The Morgan fingerprint density at radius 1 is 1.24 bits per heavy atom. The van der Waals surface area contributed by atoms with Gasteiger partial charge in [-0.1, -0.05) is 12.8 Å². The van der Waals surface area contributed by atoms with Crippen LogP contribution in [0.5, 0.6) is 0 Å². The number of alkyl halides is 1. The van der Waals surface area contributed by atoms with Gasteiger partial charge in [0, 0.05) is 24.8 Å². The molecule has 0 N–H and O–H groups in total. The van der Waals surface area contributed by atoms with Crippen LogP contribution in [-0.4, -0.2) is 28.4 Å². The van der Waals surface area contributed by atoms with E-state index in [0.717, 1.165) is 30.2 Å². The second-order valence-electron chi connectivity index (χ2n) is 4.89. The van der Waals surface area contributed by atoms with Crippen molar-refractivity contribution < 1.29 is 0 Å². The minimum atomic E-state index is 0.240. The third-order valence-electron chi connectivity index (χ3n) is 3.46. The van der Waals surface area contributed by atoms with Gasteiger partial charge in [0.1, 0.15) is 11.6 Å². The van der Waals surface area contributed by atoms with E-state index in [-0.39, 0.29) is 5.38 Å². The summed E-state index contributed by atoms with van der Waals surface area (Å²) in [6.45, 7) is 3.94. The molecule has 0 spiro atoms. The number of hydrogen-bond donors (Lipinski definition) is 0. The zero-order valence-electron chi connectivity index (χ0n) is 10.8. The number of hydrogen-bond acceptors (Lipinski definition) is 3. The number of aryl methyl sites for hydroxylation is 2. The Morgan fingerprint density at radius 2 is 1.94 bits per heavy atom. The summed E-state index contributed by atoms with van der Waals surface area (Å²) >= 11 is 6.42. The van der Waals surface area contributed by atoms with Gasteiger partial charge in [-0.2, -0.15) is 0 Å². The van der Waals surface area contributed by atoms with Crippen molar-refractivity contribution in [1.82, 2.24) is 9.97 Å². The first-order valence-electron chi connectivity index (χ1n) is 6.27. The number of anilines is 1. The highest BCUT2D eigenvalue weighted by Crippen LogP contribution is 2.29. The summed E-state index contributed by atoms with van der Waals surface area (Å²) in [6, 6.07) is 2.43. The van der Waals surface area contributed by atoms with E-state index in [4.69, 9.17) is 11.6 Å². The van der Waals surface area contributed by atoms with Gasteiger partial charge in [-0.3, -0.25) is 0 Å². The molecule has 0 amide bonds. The summed E-state index contributed by atoms with van der Waals surface area (Å²) in [7, 11) is 2.09. The van der Waals surface area contributed by atoms with E-state index in [9.17, 15) is 0 Å². The van der Waals surface area contributed by atoms with Crippen LogP contribution in [-0.2, 0) is 0 Å². The fourth-order valence-corrected chi connectivity index (χ4v) is 3.00. The van der Waals surface area contributed by atoms with Crippen LogP contribution < -0.4 is 4.90 Å². The summed E-state index contributed by atoms with van der Waals surface area (Å²) in [5.41, 5.74) is 1.02. The molecule has 4 heteroatoms. The Labute approximate surface area is 108 Å². The van der Waals surface area contributed by atoms with Gasteiger partial charge in [-0.25, -0.2) is 9.97 Å². The quantitative estimate of drug-likeness (QED) is 0.759. The summed E-state index contributed by atoms with van der Waals surface area (Å²) in [6.07, 6.45) is 4.79. The summed E-state index contributed by atoms with van der Waals surface area (Å²) in [5, 5.41) is 0.240. The first-order chi connectivity index (χ1) is 8.08. The van der Waals surface area contributed by atoms with Crippen LogP contribution >= 0.6 is 11.6 Å². The van der Waals surface area contributed by atoms with Crippen molar-refractivity contribution in [2.75, 3.05) is 11.9 Å². The first-order valence-corrected chi connectivity index (χ1v) is 6.71. The molecule has 17 heavy (non-hydrogen) atoms. The van der Waals surface area contributed by atoms with E-state index < -0.39 is 0 Å². The van der Waals surface area contributed by atoms with Crippen LogP contribution in [0, 0.1) is 13.8 Å². The van der Waals surface area contributed by atoms with Crippen molar-refractivity contribution in [2.24, 2.45) is 0 Å². The molecule has 0 aliphatic heterocycles. The third-order valence-corrected chi connectivity index (χ3v) is 3.97. The van der Waals surface area contributed by atoms with E-state index >= 15 is 0 Å². The molecule has 1 saturated carbocycles. The maximum atomic E-state index is 6.42. The smallest absolute Gasteiger partial charge is 0.132 e. The maximum absolute atomic E-state index is 6.42. The normalized spacial score (nSPS) is 24.7. The minimum absolute atomic E-state index is 0.240. The molecule has 2 unspecified atom stereocenters. The average Bonchev–Trinajstić information content (AvgIpc) is 2.27. The predicted octanol–water partition coefficient (Wildman–Crippen LogP) is 3.08. The van der Waals surface area contributed by atoms with Crippen LogP contribution in [0.15, 0.2) is 6.07 Å². The number of halogens is 1. The lowest BCUT2D eigenvalue weighted by atomic mass is 9.94. The average molecular weight is 254 g/mol. The molecule has 1 aliphatic carbocycles. The number of aromatic nitrogens is 2. The van der Waals surface area contributed by atoms with Gasteiger partial charge in [0.25, 0.3) is 0 Å². The van der Waals surface area contributed by atoms with E-state index in [0.29, 0.717) is 6.04 Å². The van der Waals surface area contributed by atoms with Crippen molar-refractivity contribution in [3.63, 3.8) is 0 Å². The Morgan fingerprint density at radius 3 is 2.59 bits per heavy atom. The standard InChI is InChI=1S/C13H20ClN3/c1-9-8-13(16-10(2)15-9)17(3)12-7-5-4-6-11(12)14/h8,11-12H,4-7H2,1-3H3. The second kappa shape index (κ2) is 5.21. The van der Waals surface area contributed by atoms with Crippen molar-refractivity contribution >= 4 is 17.4 Å². The van der Waals surface area contributed by atoms with Gasteiger partial charge in [0.15, 0.2) is 0 Å². The fourth-order valence-electron chi connectivity index (χ4n) is 2.55. The molecule has 2 rings (SSSR count). The number of nitrogens with zero attached hydrogens (tertiary/aromatic N) is 3. The zero-order valence-corrected chi connectivity index (χ0v) is 11.5. The van der Waals surface area contributed by atoms with Crippen molar-refractivity contribution in [1.29, 1.82) is 0 Å².